The van der Waals surface area contributed by atoms with Crippen molar-refractivity contribution in [2.45, 2.75) is 32.4 Å². The largest absolute Gasteiger partial charge is 0.493 e. The number of hydrogen-bond acceptors (Lipinski definition) is 5. The number of aliphatic hydroxyl groups excluding tert-OH is 1. The van der Waals surface area contributed by atoms with Gasteiger partial charge in [0.25, 0.3) is 0 Å². The lowest BCUT2D eigenvalue weighted by Crippen LogP contribution is -2.41. The van der Waals surface area contributed by atoms with Crippen molar-refractivity contribution in [1.29, 1.82) is 0 Å². The van der Waals surface area contributed by atoms with Crippen LogP contribution in [0.1, 0.15) is 26.7 Å². The predicted octanol–water partition coefficient (Wildman–Crippen LogP) is 3.82. The number of ether oxygens (including phenoxy) is 1. The van der Waals surface area contributed by atoms with Crippen LogP contribution in [0.2, 0.25) is 0 Å². The summed E-state index contributed by atoms with van der Waals surface area (Å²) in [5, 5.41) is 20.5. The maximum absolute atomic E-state index is 13.8. The summed E-state index contributed by atoms with van der Waals surface area (Å²) in [6.45, 7) is 5.39. The minimum atomic E-state index is -1.50. The van der Waals surface area contributed by atoms with E-state index in [1.165, 1.54) is 0 Å². The lowest BCUT2D eigenvalue weighted by atomic mass is 9.97. The van der Waals surface area contributed by atoms with Gasteiger partial charge >= 0.3 is 5.97 Å². The minimum absolute atomic E-state index is 0.453. The Morgan fingerprint density at radius 2 is 1.65 bits per heavy atom. The van der Waals surface area contributed by atoms with E-state index in [9.17, 15) is 14.0 Å². The van der Waals surface area contributed by atoms with Gasteiger partial charge in [0.1, 0.15) is 11.4 Å². The normalized spacial score (nSPS) is 16.1. The summed E-state index contributed by atoms with van der Waals surface area (Å²) in [6, 6.07) is 14.8. The molecule has 1 saturated heterocycles. The van der Waals surface area contributed by atoms with E-state index in [-0.39, 0.29) is 0 Å². The van der Waals surface area contributed by atoms with Gasteiger partial charge in [-0.1, -0.05) is 24.3 Å². The van der Waals surface area contributed by atoms with E-state index in [1.54, 1.807) is 26.0 Å². The molecule has 1 atom stereocenters. The van der Waals surface area contributed by atoms with Gasteiger partial charge in [0.15, 0.2) is 5.92 Å². The van der Waals surface area contributed by atoms with Crippen LogP contribution in [0, 0.1) is 11.8 Å². The topological polar surface area (TPSA) is 99.1 Å². The van der Waals surface area contributed by atoms with Gasteiger partial charge in [-0.25, -0.2) is 4.39 Å². The highest BCUT2D eigenvalue weighted by atomic mass is 19.1. The summed E-state index contributed by atoms with van der Waals surface area (Å²) in [4.78, 5) is 25.1. The van der Waals surface area contributed by atoms with Gasteiger partial charge in [-0.15, -0.1) is 0 Å². The van der Waals surface area contributed by atoms with Gasteiger partial charge in [0.05, 0.1) is 13.2 Å². The van der Waals surface area contributed by atoms with Crippen molar-refractivity contribution in [3.8, 4) is 16.9 Å². The monoisotopic (exact) mass is 472 g/mol. The fourth-order valence-corrected chi connectivity index (χ4v) is 4.05. The van der Waals surface area contributed by atoms with E-state index in [4.69, 9.17) is 14.9 Å². The van der Waals surface area contributed by atoms with Crippen LogP contribution in [0.3, 0.4) is 0 Å². The van der Waals surface area contributed by atoms with E-state index in [1.807, 2.05) is 36.4 Å². The second-order valence-corrected chi connectivity index (χ2v) is 9.41. The number of aliphatic hydroxyl groups is 1. The number of aliphatic carboxylic acids is 1. The summed E-state index contributed by atoms with van der Waals surface area (Å²) in [5.74, 6) is -2.37. The Hall–Kier alpha value is -2.97. The molecule has 0 saturated carbocycles. The molecule has 0 spiro atoms. The third-order valence-electron chi connectivity index (χ3n) is 5.93. The second-order valence-electron chi connectivity index (χ2n) is 9.41. The maximum atomic E-state index is 13.8. The Kier molecular flexibility index (Phi) is 8.63. The first-order chi connectivity index (χ1) is 16.1. The molecule has 0 aromatic heterocycles. The molecule has 0 unspecified atom stereocenters. The van der Waals surface area contributed by atoms with Crippen LogP contribution in [0.4, 0.5) is 10.1 Å². The number of amides is 1. The molecule has 2 aromatic rings. The van der Waals surface area contributed by atoms with Gasteiger partial charge in [0, 0.05) is 12.2 Å². The summed E-state index contributed by atoms with van der Waals surface area (Å²) in [7, 11) is 0. The van der Waals surface area contributed by atoms with Crippen LogP contribution < -0.4 is 10.1 Å². The van der Waals surface area contributed by atoms with Crippen molar-refractivity contribution < 1.29 is 28.9 Å². The van der Waals surface area contributed by atoms with E-state index >= 15 is 0 Å². The van der Waals surface area contributed by atoms with Crippen LogP contribution >= 0.6 is 0 Å². The standard InChI is InChI=1S/C26H33FN2O5/c1-26(2,27)17-29-13-11-18(12-14-29)16-34-22-9-5-20(6-10-22)19-3-7-21(8-4-19)28-24(31)23(15-30)25(32)33/h3-10,18,23,30H,11-17H2,1-2H3,(H,28,31)(H,32,33)/t23-/m1/s1. The SMILES string of the molecule is CC(C)(F)CN1CCC(COc2ccc(-c3ccc(NC(=O)[C@@H](CO)C(=O)O)cc3)cc2)CC1. The first-order valence-electron chi connectivity index (χ1n) is 11.5. The fraction of sp³-hybridized carbons (Fsp3) is 0.462. The zero-order valence-corrected chi connectivity index (χ0v) is 19.7. The number of rotatable bonds is 10. The van der Waals surface area contributed by atoms with Gasteiger partial charge in [0.2, 0.25) is 5.91 Å². The number of piperidine rings is 1. The molecule has 1 aliphatic rings. The lowest BCUT2D eigenvalue weighted by molar-refractivity contribution is -0.146. The number of carbonyl (C=O) groups excluding carboxylic acids is 1. The van der Waals surface area contributed by atoms with Crippen molar-refractivity contribution in [3.63, 3.8) is 0 Å². The number of nitrogens with zero attached hydrogens (tertiary/aromatic N) is 1. The molecule has 1 heterocycles. The number of anilines is 1. The molecule has 1 amide bonds. The molecule has 0 bridgehead atoms. The van der Waals surface area contributed by atoms with Crippen molar-refractivity contribution in [3.05, 3.63) is 48.5 Å². The summed E-state index contributed by atoms with van der Waals surface area (Å²) in [6.07, 6.45) is 2.01. The smallest absolute Gasteiger partial charge is 0.318 e. The molecule has 0 aliphatic carbocycles. The van der Waals surface area contributed by atoms with E-state index in [2.05, 4.69) is 10.2 Å². The molecule has 1 fully saturated rings. The molecule has 184 valence electrons. The van der Waals surface area contributed by atoms with E-state index < -0.39 is 30.1 Å². The first kappa shape index (κ1) is 25.6. The number of nitrogens with one attached hydrogen (secondary N) is 1. The Bertz CT molecular complexity index is 949. The zero-order chi connectivity index (χ0) is 24.7. The average Bonchev–Trinajstić information content (AvgIpc) is 2.79. The summed E-state index contributed by atoms with van der Waals surface area (Å²) < 4.78 is 19.8. The average molecular weight is 473 g/mol. The van der Waals surface area contributed by atoms with Gasteiger partial charge < -0.3 is 25.2 Å². The number of benzene rings is 2. The second kappa shape index (κ2) is 11.4. The number of carboxylic acids is 1. The van der Waals surface area contributed by atoms with Crippen LogP contribution in [-0.4, -0.2) is 65.5 Å². The van der Waals surface area contributed by atoms with Gasteiger partial charge in [-0.2, -0.15) is 0 Å². The quantitative estimate of drug-likeness (QED) is 0.455. The number of carbonyl (C=O) groups is 2. The Morgan fingerprint density at radius 3 is 2.15 bits per heavy atom. The lowest BCUT2D eigenvalue weighted by Gasteiger charge is -2.34. The molecule has 2 aromatic carbocycles. The van der Waals surface area contributed by atoms with Crippen LogP contribution in [0.15, 0.2) is 48.5 Å². The number of carboxylic acid groups (broad SMARTS) is 1. The van der Waals surface area contributed by atoms with Crippen molar-refractivity contribution in [1.82, 2.24) is 4.90 Å². The molecule has 8 heteroatoms. The van der Waals surface area contributed by atoms with Crippen molar-refractivity contribution in [2.24, 2.45) is 11.8 Å². The fourth-order valence-electron chi connectivity index (χ4n) is 4.05. The molecular weight excluding hydrogens is 439 g/mol. The minimum Gasteiger partial charge on any atom is -0.493 e. The first-order valence-corrected chi connectivity index (χ1v) is 11.5. The Labute approximate surface area is 199 Å². The van der Waals surface area contributed by atoms with Gasteiger partial charge in [-0.05, 0) is 81.1 Å². The van der Waals surface area contributed by atoms with Gasteiger partial charge in [-0.3, -0.25) is 9.59 Å². The van der Waals surface area contributed by atoms with Crippen LogP contribution in [0.5, 0.6) is 5.75 Å². The molecular formula is C26H33FN2O5. The number of alkyl halides is 1. The van der Waals surface area contributed by atoms with Crippen molar-refractivity contribution in [2.75, 3.05) is 38.2 Å². The van der Waals surface area contributed by atoms with Crippen LogP contribution in [0.25, 0.3) is 11.1 Å². The molecule has 34 heavy (non-hydrogen) atoms. The van der Waals surface area contributed by atoms with Crippen molar-refractivity contribution >= 4 is 17.6 Å². The Morgan fingerprint density at radius 1 is 1.09 bits per heavy atom. The summed E-state index contributed by atoms with van der Waals surface area (Å²) >= 11 is 0. The molecule has 3 N–H and O–H groups in total. The number of hydrogen-bond donors (Lipinski definition) is 3. The highest BCUT2D eigenvalue weighted by Crippen LogP contribution is 2.26. The zero-order valence-electron chi connectivity index (χ0n) is 19.7. The van der Waals surface area contributed by atoms with E-state index in [0.29, 0.717) is 24.8 Å². The predicted molar refractivity (Wildman–Crippen MR) is 129 cm³/mol. The maximum Gasteiger partial charge on any atom is 0.318 e. The Balaban J connectivity index is 1.48. The number of likely N-dealkylation sites (tertiary alicyclic amines) is 1. The summed E-state index contributed by atoms with van der Waals surface area (Å²) in [5.41, 5.74) is 1.20. The number of halogens is 1. The highest BCUT2D eigenvalue weighted by Gasteiger charge is 2.26. The molecule has 0 radical (unpaired) electrons. The molecule has 7 nitrogen and oxygen atoms in total. The molecule has 3 rings (SSSR count). The highest BCUT2D eigenvalue weighted by molar-refractivity contribution is 6.04. The van der Waals surface area contributed by atoms with Crippen LogP contribution in [-0.2, 0) is 9.59 Å². The third kappa shape index (κ3) is 7.53. The van der Waals surface area contributed by atoms with E-state index in [0.717, 1.165) is 42.8 Å². The third-order valence-corrected chi connectivity index (χ3v) is 5.93. The molecule has 1 aliphatic heterocycles.